The van der Waals surface area contributed by atoms with Gasteiger partial charge in [-0.1, -0.05) is 6.42 Å². The van der Waals surface area contributed by atoms with Crippen LogP contribution in [0.25, 0.3) is 0 Å². The summed E-state index contributed by atoms with van der Waals surface area (Å²) in [6.45, 7) is 0.648. The Morgan fingerprint density at radius 3 is 3.00 bits per heavy atom. The summed E-state index contributed by atoms with van der Waals surface area (Å²) in [7, 11) is 1.85. The lowest BCUT2D eigenvalue weighted by Crippen LogP contribution is -2.41. The molecular weight excluding hydrogens is 284 g/mol. The van der Waals surface area contributed by atoms with E-state index in [9.17, 15) is 4.79 Å². The average Bonchev–Trinajstić information content (AvgIpc) is 2.95. The number of nitrogens with zero attached hydrogens (tertiary/aromatic N) is 1. The molecule has 1 saturated carbocycles. The molecule has 1 aliphatic rings. The summed E-state index contributed by atoms with van der Waals surface area (Å²) in [4.78, 5) is 14.1. The smallest absolute Gasteiger partial charge is 0.258 e. The van der Waals surface area contributed by atoms with Gasteiger partial charge in [-0.05, 0) is 47.3 Å². The third kappa shape index (κ3) is 2.40. The Labute approximate surface area is 109 Å². The van der Waals surface area contributed by atoms with Crippen LogP contribution in [0.15, 0.2) is 21.4 Å². The fraction of sp³-hybridized carbons (Fsp3) is 0.583. The van der Waals surface area contributed by atoms with Gasteiger partial charge >= 0.3 is 0 Å². The van der Waals surface area contributed by atoms with E-state index in [0.29, 0.717) is 22.7 Å². The lowest BCUT2D eigenvalue weighted by molar-refractivity contribution is 0.0698. The summed E-state index contributed by atoms with van der Waals surface area (Å²) < 4.78 is 5.59. The van der Waals surface area contributed by atoms with E-state index in [0.717, 1.165) is 19.3 Å². The molecule has 0 radical (unpaired) electrons. The SMILES string of the molecule is CN(C(=O)c1ccoc1Br)C1CCCC1CN. The molecule has 0 spiro atoms. The molecule has 0 saturated heterocycles. The van der Waals surface area contributed by atoms with Crippen molar-refractivity contribution in [2.24, 2.45) is 11.7 Å². The summed E-state index contributed by atoms with van der Waals surface area (Å²) in [5.74, 6) is 0.422. The Balaban J connectivity index is 2.12. The van der Waals surface area contributed by atoms with Crippen LogP contribution in [0.2, 0.25) is 0 Å². The summed E-state index contributed by atoms with van der Waals surface area (Å²) >= 11 is 3.24. The molecule has 1 fully saturated rings. The highest BCUT2D eigenvalue weighted by atomic mass is 79.9. The third-order valence-electron chi connectivity index (χ3n) is 3.59. The van der Waals surface area contributed by atoms with Crippen LogP contribution in [-0.4, -0.2) is 30.4 Å². The summed E-state index contributed by atoms with van der Waals surface area (Å²) in [6, 6.07) is 1.95. The van der Waals surface area contributed by atoms with Crippen molar-refractivity contribution in [3.8, 4) is 0 Å². The van der Waals surface area contributed by atoms with E-state index in [4.69, 9.17) is 10.2 Å². The topological polar surface area (TPSA) is 59.5 Å². The molecule has 94 valence electrons. The van der Waals surface area contributed by atoms with Gasteiger partial charge in [0.25, 0.3) is 5.91 Å². The van der Waals surface area contributed by atoms with Gasteiger partial charge in [-0.2, -0.15) is 0 Å². The Bertz CT molecular complexity index is 405. The highest BCUT2D eigenvalue weighted by molar-refractivity contribution is 9.10. The normalized spacial score (nSPS) is 23.9. The van der Waals surface area contributed by atoms with Gasteiger partial charge < -0.3 is 15.1 Å². The van der Waals surface area contributed by atoms with Gasteiger partial charge in [-0.25, -0.2) is 0 Å². The quantitative estimate of drug-likeness (QED) is 0.931. The first-order chi connectivity index (χ1) is 8.15. The number of hydrogen-bond donors (Lipinski definition) is 1. The summed E-state index contributed by atoms with van der Waals surface area (Å²) in [5, 5.41) is 0. The van der Waals surface area contributed by atoms with E-state index in [2.05, 4.69) is 15.9 Å². The molecule has 1 aromatic rings. The highest BCUT2D eigenvalue weighted by Gasteiger charge is 2.32. The lowest BCUT2D eigenvalue weighted by atomic mass is 10.0. The zero-order chi connectivity index (χ0) is 12.4. The summed E-state index contributed by atoms with van der Waals surface area (Å²) in [6.07, 6.45) is 4.82. The number of rotatable bonds is 3. The van der Waals surface area contributed by atoms with Crippen molar-refractivity contribution in [1.82, 2.24) is 4.90 Å². The van der Waals surface area contributed by atoms with Crippen LogP contribution in [0.1, 0.15) is 29.6 Å². The minimum Gasteiger partial charge on any atom is -0.457 e. The van der Waals surface area contributed by atoms with Gasteiger partial charge in [0.15, 0.2) is 4.67 Å². The number of nitrogens with two attached hydrogens (primary N) is 1. The van der Waals surface area contributed by atoms with Gasteiger partial charge in [0.2, 0.25) is 0 Å². The number of carbonyl (C=O) groups excluding carboxylic acids is 1. The van der Waals surface area contributed by atoms with E-state index in [1.807, 2.05) is 7.05 Å². The summed E-state index contributed by atoms with van der Waals surface area (Å²) in [5.41, 5.74) is 6.32. The molecule has 2 N–H and O–H groups in total. The standard InChI is InChI=1S/C12H17BrN2O2/c1-15(10-4-2-3-8(10)7-14)12(16)9-5-6-17-11(9)13/h5-6,8,10H,2-4,7,14H2,1H3. The fourth-order valence-corrected chi connectivity index (χ4v) is 3.00. The van der Waals surface area contributed by atoms with Crippen LogP contribution >= 0.6 is 15.9 Å². The second-order valence-electron chi connectivity index (χ2n) is 4.52. The maximum atomic E-state index is 12.3. The zero-order valence-corrected chi connectivity index (χ0v) is 11.4. The lowest BCUT2D eigenvalue weighted by Gasteiger charge is -2.29. The van der Waals surface area contributed by atoms with E-state index in [1.54, 1.807) is 11.0 Å². The minimum atomic E-state index is -0.00373. The number of hydrogen-bond acceptors (Lipinski definition) is 3. The van der Waals surface area contributed by atoms with Crippen LogP contribution in [0.5, 0.6) is 0 Å². The second kappa shape index (κ2) is 5.23. The van der Waals surface area contributed by atoms with Crippen molar-refractivity contribution < 1.29 is 9.21 Å². The van der Waals surface area contributed by atoms with Crippen molar-refractivity contribution in [3.63, 3.8) is 0 Å². The van der Waals surface area contributed by atoms with Crippen LogP contribution in [0.4, 0.5) is 0 Å². The van der Waals surface area contributed by atoms with E-state index in [1.165, 1.54) is 6.26 Å². The Kier molecular flexibility index (Phi) is 3.89. The number of amides is 1. The number of halogens is 1. The van der Waals surface area contributed by atoms with Crippen LogP contribution in [-0.2, 0) is 0 Å². The van der Waals surface area contributed by atoms with Crippen molar-refractivity contribution in [2.75, 3.05) is 13.6 Å². The predicted molar refractivity (Wildman–Crippen MR) is 68.7 cm³/mol. The minimum absolute atomic E-state index is 0.00373. The fourth-order valence-electron chi connectivity index (χ4n) is 2.59. The Morgan fingerprint density at radius 2 is 2.41 bits per heavy atom. The molecule has 1 aliphatic carbocycles. The maximum absolute atomic E-state index is 12.3. The number of carbonyl (C=O) groups is 1. The molecule has 2 rings (SSSR count). The van der Waals surface area contributed by atoms with Crippen molar-refractivity contribution >= 4 is 21.8 Å². The third-order valence-corrected chi connectivity index (χ3v) is 4.20. The molecule has 1 amide bonds. The molecule has 0 aromatic carbocycles. The monoisotopic (exact) mass is 300 g/mol. The largest absolute Gasteiger partial charge is 0.457 e. The second-order valence-corrected chi connectivity index (χ2v) is 5.24. The molecular formula is C12H17BrN2O2. The number of furan rings is 1. The highest BCUT2D eigenvalue weighted by Crippen LogP contribution is 2.30. The van der Waals surface area contributed by atoms with E-state index in [-0.39, 0.29) is 11.9 Å². The predicted octanol–water partition coefficient (Wildman–Crippen LogP) is 2.24. The van der Waals surface area contributed by atoms with Gasteiger partial charge in [-0.3, -0.25) is 4.79 Å². The van der Waals surface area contributed by atoms with Gasteiger partial charge in [0.05, 0.1) is 11.8 Å². The van der Waals surface area contributed by atoms with Crippen LogP contribution < -0.4 is 5.73 Å². The van der Waals surface area contributed by atoms with Crippen LogP contribution in [0, 0.1) is 5.92 Å². The molecule has 0 bridgehead atoms. The van der Waals surface area contributed by atoms with Crippen molar-refractivity contribution in [2.45, 2.75) is 25.3 Å². The van der Waals surface area contributed by atoms with Crippen LogP contribution in [0.3, 0.4) is 0 Å². The molecule has 17 heavy (non-hydrogen) atoms. The maximum Gasteiger partial charge on any atom is 0.258 e. The molecule has 4 nitrogen and oxygen atoms in total. The first kappa shape index (κ1) is 12.6. The van der Waals surface area contributed by atoms with Crippen molar-refractivity contribution in [1.29, 1.82) is 0 Å². The van der Waals surface area contributed by atoms with Gasteiger partial charge in [0, 0.05) is 13.1 Å². The molecule has 5 heteroatoms. The Morgan fingerprint density at radius 1 is 1.65 bits per heavy atom. The zero-order valence-electron chi connectivity index (χ0n) is 9.86. The first-order valence-electron chi connectivity index (χ1n) is 5.85. The Hall–Kier alpha value is -0.810. The molecule has 0 aliphatic heterocycles. The molecule has 1 heterocycles. The first-order valence-corrected chi connectivity index (χ1v) is 6.64. The van der Waals surface area contributed by atoms with E-state index < -0.39 is 0 Å². The van der Waals surface area contributed by atoms with Crippen molar-refractivity contribution in [3.05, 3.63) is 22.6 Å². The molecule has 1 aromatic heterocycles. The molecule has 2 atom stereocenters. The van der Waals surface area contributed by atoms with Gasteiger partial charge in [0.1, 0.15) is 0 Å². The van der Waals surface area contributed by atoms with E-state index >= 15 is 0 Å². The molecule has 2 unspecified atom stereocenters. The van der Waals surface area contributed by atoms with Gasteiger partial charge in [-0.15, -0.1) is 0 Å². The average molecular weight is 301 g/mol.